The van der Waals surface area contributed by atoms with Gasteiger partial charge in [-0.3, -0.25) is 0 Å². The average molecular weight is 240 g/mol. The van der Waals surface area contributed by atoms with Crippen molar-refractivity contribution < 1.29 is 4.74 Å². The molecule has 4 nitrogen and oxygen atoms in total. The van der Waals surface area contributed by atoms with E-state index in [1.54, 1.807) is 0 Å². The predicted octanol–water partition coefficient (Wildman–Crippen LogP) is 1.52. The highest BCUT2D eigenvalue weighted by Crippen LogP contribution is 2.32. The fourth-order valence-corrected chi connectivity index (χ4v) is 2.77. The molecule has 0 aliphatic carbocycles. The molecular weight excluding hydrogens is 226 g/mol. The van der Waals surface area contributed by atoms with Crippen molar-refractivity contribution in [3.63, 3.8) is 0 Å². The van der Waals surface area contributed by atoms with Gasteiger partial charge in [0, 0.05) is 31.0 Å². The first-order valence-corrected chi connectivity index (χ1v) is 5.94. The first-order valence-electron chi connectivity index (χ1n) is 5.56. The Morgan fingerprint density at radius 3 is 2.62 bits per heavy atom. The molecule has 0 bridgehead atoms. The van der Waals surface area contributed by atoms with E-state index in [-0.39, 0.29) is 0 Å². The van der Waals surface area contributed by atoms with Gasteiger partial charge in [0.1, 0.15) is 16.8 Å². The molecule has 0 amide bonds. The van der Waals surface area contributed by atoms with Gasteiger partial charge < -0.3 is 9.64 Å². The number of anilines is 1. The summed E-state index contributed by atoms with van der Waals surface area (Å²) in [4.78, 5) is 10.8. The maximum Gasteiger partial charge on any atom is 0.134 e. The molecule has 0 aromatic carbocycles. The van der Waals surface area contributed by atoms with E-state index in [9.17, 15) is 0 Å². The van der Waals surface area contributed by atoms with Crippen LogP contribution < -0.4 is 4.90 Å². The maximum absolute atomic E-state index is 5.95. The van der Waals surface area contributed by atoms with Crippen LogP contribution in [0, 0.1) is 18.8 Å². The van der Waals surface area contributed by atoms with Gasteiger partial charge >= 0.3 is 0 Å². The molecule has 0 radical (unpaired) electrons. The summed E-state index contributed by atoms with van der Waals surface area (Å²) in [5.41, 5.74) is 0. The molecule has 2 fully saturated rings. The Bertz CT molecular complexity index is 380. The number of halogens is 1. The largest absolute Gasteiger partial charge is 0.381 e. The van der Waals surface area contributed by atoms with Crippen molar-refractivity contribution in [1.82, 2.24) is 9.97 Å². The number of ether oxygens (including phenoxy) is 1. The zero-order valence-corrected chi connectivity index (χ0v) is 9.94. The predicted molar refractivity (Wildman–Crippen MR) is 61.8 cm³/mol. The summed E-state index contributed by atoms with van der Waals surface area (Å²) in [5.74, 6) is 3.01. The summed E-state index contributed by atoms with van der Waals surface area (Å²) in [7, 11) is 0. The van der Waals surface area contributed by atoms with Gasteiger partial charge in [-0.25, -0.2) is 9.97 Å². The van der Waals surface area contributed by atoms with Gasteiger partial charge in [-0.1, -0.05) is 11.6 Å². The molecule has 1 aromatic rings. The normalized spacial score (nSPS) is 28.5. The summed E-state index contributed by atoms with van der Waals surface area (Å²) in [6.45, 7) is 5.70. The van der Waals surface area contributed by atoms with Gasteiger partial charge in [-0.2, -0.15) is 0 Å². The number of hydrogen-bond acceptors (Lipinski definition) is 4. The van der Waals surface area contributed by atoms with Gasteiger partial charge in [-0.15, -0.1) is 0 Å². The molecule has 0 spiro atoms. The Labute approximate surface area is 99.6 Å². The van der Waals surface area contributed by atoms with E-state index in [2.05, 4.69) is 14.9 Å². The Morgan fingerprint density at radius 2 is 2.00 bits per heavy atom. The minimum Gasteiger partial charge on any atom is -0.381 e. The van der Waals surface area contributed by atoms with Gasteiger partial charge in [0.2, 0.25) is 0 Å². The lowest BCUT2D eigenvalue weighted by Crippen LogP contribution is -2.23. The van der Waals surface area contributed by atoms with E-state index in [1.807, 2.05) is 13.0 Å². The van der Waals surface area contributed by atoms with Gasteiger partial charge in [0.05, 0.1) is 13.2 Å². The molecule has 0 saturated carbocycles. The molecule has 2 atom stereocenters. The SMILES string of the molecule is Cc1nc(Cl)cc(N2C[C@H]3COC[C@@H]3C2)n1. The number of hydrogen-bond donors (Lipinski definition) is 0. The summed E-state index contributed by atoms with van der Waals surface area (Å²) >= 11 is 5.95. The second kappa shape index (κ2) is 3.86. The number of aromatic nitrogens is 2. The molecule has 0 unspecified atom stereocenters. The fraction of sp³-hybridized carbons (Fsp3) is 0.636. The molecule has 2 saturated heterocycles. The lowest BCUT2D eigenvalue weighted by atomic mass is 10.0. The van der Waals surface area contributed by atoms with Crippen LogP contribution in [0.2, 0.25) is 5.15 Å². The average Bonchev–Trinajstić information content (AvgIpc) is 2.74. The molecule has 3 rings (SSSR count). The van der Waals surface area contributed by atoms with Crippen LogP contribution in [0.5, 0.6) is 0 Å². The first-order chi connectivity index (χ1) is 7.72. The molecule has 86 valence electrons. The third kappa shape index (κ3) is 1.76. The summed E-state index contributed by atoms with van der Waals surface area (Å²) in [6.07, 6.45) is 0. The van der Waals surface area contributed by atoms with Crippen LogP contribution in [0.15, 0.2) is 6.07 Å². The highest BCUT2D eigenvalue weighted by Gasteiger charge is 2.37. The smallest absolute Gasteiger partial charge is 0.134 e. The summed E-state index contributed by atoms with van der Waals surface area (Å²) in [6, 6.07) is 1.84. The summed E-state index contributed by atoms with van der Waals surface area (Å²) < 4.78 is 5.46. The van der Waals surface area contributed by atoms with E-state index in [1.165, 1.54) is 0 Å². The van der Waals surface area contributed by atoms with Crippen molar-refractivity contribution in [2.45, 2.75) is 6.92 Å². The third-order valence-electron chi connectivity index (χ3n) is 3.36. The van der Waals surface area contributed by atoms with Crippen molar-refractivity contribution in [2.75, 3.05) is 31.2 Å². The van der Waals surface area contributed by atoms with E-state index in [0.29, 0.717) is 17.0 Å². The number of rotatable bonds is 1. The number of nitrogens with zero attached hydrogens (tertiary/aromatic N) is 3. The highest BCUT2D eigenvalue weighted by atomic mass is 35.5. The Morgan fingerprint density at radius 1 is 1.31 bits per heavy atom. The minimum atomic E-state index is 0.524. The van der Waals surface area contributed by atoms with Crippen LogP contribution in [0.4, 0.5) is 5.82 Å². The van der Waals surface area contributed by atoms with E-state index in [4.69, 9.17) is 16.3 Å². The van der Waals surface area contributed by atoms with Gasteiger partial charge in [-0.05, 0) is 6.92 Å². The van der Waals surface area contributed by atoms with Crippen molar-refractivity contribution >= 4 is 17.4 Å². The number of fused-ring (bicyclic) bond motifs is 1. The Hall–Kier alpha value is -0.870. The Kier molecular flexibility index (Phi) is 2.48. The fourth-order valence-electron chi connectivity index (χ4n) is 2.55. The van der Waals surface area contributed by atoms with E-state index in [0.717, 1.165) is 37.9 Å². The molecular formula is C11H14ClN3O. The topological polar surface area (TPSA) is 38.2 Å². The van der Waals surface area contributed by atoms with Crippen molar-refractivity contribution in [1.29, 1.82) is 0 Å². The highest BCUT2D eigenvalue weighted by molar-refractivity contribution is 6.29. The summed E-state index contributed by atoms with van der Waals surface area (Å²) in [5, 5.41) is 0.524. The van der Waals surface area contributed by atoms with Crippen molar-refractivity contribution in [3.8, 4) is 0 Å². The number of aryl methyl sites for hydroxylation is 1. The third-order valence-corrected chi connectivity index (χ3v) is 3.55. The molecule has 3 heterocycles. The van der Waals surface area contributed by atoms with Gasteiger partial charge in [0.15, 0.2) is 0 Å². The van der Waals surface area contributed by atoms with Gasteiger partial charge in [0.25, 0.3) is 0 Å². The standard InChI is InChI=1S/C11H14ClN3O/c1-7-13-10(12)2-11(14-7)15-3-8-5-16-6-9(8)4-15/h2,8-9H,3-6H2,1H3/t8-,9-/m0/s1. The molecule has 5 heteroatoms. The minimum absolute atomic E-state index is 0.524. The van der Waals surface area contributed by atoms with Crippen molar-refractivity contribution in [2.24, 2.45) is 11.8 Å². The van der Waals surface area contributed by atoms with Crippen LogP contribution in [0.1, 0.15) is 5.82 Å². The van der Waals surface area contributed by atoms with Crippen LogP contribution in [0.25, 0.3) is 0 Å². The quantitative estimate of drug-likeness (QED) is 0.697. The molecule has 0 N–H and O–H groups in total. The monoisotopic (exact) mass is 239 g/mol. The Balaban J connectivity index is 1.83. The zero-order chi connectivity index (χ0) is 11.1. The second-order valence-corrected chi connectivity index (χ2v) is 4.95. The van der Waals surface area contributed by atoms with Crippen LogP contribution >= 0.6 is 11.6 Å². The van der Waals surface area contributed by atoms with E-state index >= 15 is 0 Å². The lowest BCUT2D eigenvalue weighted by molar-refractivity contribution is 0.177. The van der Waals surface area contributed by atoms with Crippen LogP contribution in [0.3, 0.4) is 0 Å². The lowest BCUT2D eigenvalue weighted by Gasteiger charge is -2.18. The zero-order valence-electron chi connectivity index (χ0n) is 9.19. The molecule has 2 aliphatic heterocycles. The van der Waals surface area contributed by atoms with E-state index < -0.39 is 0 Å². The maximum atomic E-state index is 5.95. The second-order valence-electron chi connectivity index (χ2n) is 4.56. The molecule has 2 aliphatic rings. The molecule has 1 aromatic heterocycles. The van der Waals surface area contributed by atoms with Crippen LogP contribution in [-0.4, -0.2) is 36.3 Å². The first kappa shape index (κ1) is 10.3. The van der Waals surface area contributed by atoms with Crippen molar-refractivity contribution in [3.05, 3.63) is 17.0 Å². The molecule has 16 heavy (non-hydrogen) atoms. The van der Waals surface area contributed by atoms with Crippen LogP contribution in [-0.2, 0) is 4.74 Å².